The van der Waals surface area contributed by atoms with Gasteiger partial charge in [0.15, 0.2) is 0 Å². The van der Waals surface area contributed by atoms with Crippen molar-refractivity contribution < 1.29 is 18.1 Å². The van der Waals surface area contributed by atoms with Crippen molar-refractivity contribution in [1.82, 2.24) is 0 Å². The molecule has 0 fully saturated rings. The summed E-state index contributed by atoms with van der Waals surface area (Å²) in [5, 5.41) is 13.7. The van der Waals surface area contributed by atoms with Crippen LogP contribution in [0.2, 0.25) is 0 Å². The molecule has 8 nitrogen and oxygen atoms in total. The van der Waals surface area contributed by atoms with E-state index in [2.05, 4.69) is 5.32 Å². The van der Waals surface area contributed by atoms with Crippen LogP contribution in [0.3, 0.4) is 0 Å². The third-order valence-corrected chi connectivity index (χ3v) is 5.51. The van der Waals surface area contributed by atoms with Gasteiger partial charge in [0.1, 0.15) is 0 Å². The molecule has 2 aromatic carbocycles. The van der Waals surface area contributed by atoms with Crippen molar-refractivity contribution in [2.45, 2.75) is 26.7 Å². The summed E-state index contributed by atoms with van der Waals surface area (Å²) in [6.45, 7) is 3.55. The van der Waals surface area contributed by atoms with E-state index in [1.807, 2.05) is 19.1 Å². The average molecular weight is 405 g/mol. The largest absolute Gasteiger partial charge is 0.326 e. The number of hydrogen-bond acceptors (Lipinski definition) is 5. The summed E-state index contributed by atoms with van der Waals surface area (Å²) < 4.78 is 25.6. The molecule has 9 heteroatoms. The first-order valence-corrected chi connectivity index (χ1v) is 10.5. The second-order valence-electron chi connectivity index (χ2n) is 6.48. The molecule has 28 heavy (non-hydrogen) atoms. The van der Waals surface area contributed by atoms with Crippen molar-refractivity contribution in [3.8, 4) is 0 Å². The highest BCUT2D eigenvalue weighted by atomic mass is 32.2. The molecule has 0 radical (unpaired) electrons. The molecule has 0 aliphatic heterocycles. The van der Waals surface area contributed by atoms with Crippen LogP contribution < -0.4 is 9.62 Å². The molecule has 0 saturated carbocycles. The number of hydrogen-bond donors (Lipinski definition) is 1. The highest BCUT2D eigenvalue weighted by Gasteiger charge is 2.19. The van der Waals surface area contributed by atoms with Gasteiger partial charge in [-0.1, -0.05) is 24.3 Å². The van der Waals surface area contributed by atoms with Crippen molar-refractivity contribution in [2.75, 3.05) is 22.4 Å². The molecule has 1 N–H and O–H groups in total. The van der Waals surface area contributed by atoms with Crippen LogP contribution in [0, 0.1) is 24.0 Å². The Balaban J connectivity index is 2.03. The Morgan fingerprint density at radius 1 is 1.14 bits per heavy atom. The molecular formula is C19H23N3O5S. The predicted octanol–water partition coefficient (Wildman–Crippen LogP) is 3.40. The predicted molar refractivity (Wildman–Crippen MR) is 109 cm³/mol. The van der Waals surface area contributed by atoms with E-state index in [-0.39, 0.29) is 24.6 Å². The molecule has 0 aromatic heterocycles. The zero-order valence-corrected chi connectivity index (χ0v) is 16.8. The number of rotatable bonds is 8. The van der Waals surface area contributed by atoms with Crippen LogP contribution in [0.25, 0.3) is 0 Å². The lowest BCUT2D eigenvalue weighted by molar-refractivity contribution is -0.385. The van der Waals surface area contributed by atoms with Crippen molar-refractivity contribution in [3.05, 3.63) is 63.7 Å². The first-order valence-electron chi connectivity index (χ1n) is 8.68. The van der Waals surface area contributed by atoms with Gasteiger partial charge in [0.2, 0.25) is 15.9 Å². The van der Waals surface area contributed by atoms with Gasteiger partial charge in [-0.15, -0.1) is 0 Å². The van der Waals surface area contributed by atoms with Crippen LogP contribution >= 0.6 is 0 Å². The number of carbonyl (C=O) groups is 1. The van der Waals surface area contributed by atoms with Gasteiger partial charge in [-0.3, -0.25) is 19.2 Å². The van der Waals surface area contributed by atoms with E-state index in [4.69, 9.17) is 0 Å². The summed E-state index contributed by atoms with van der Waals surface area (Å²) in [6.07, 6.45) is 1.52. The fourth-order valence-electron chi connectivity index (χ4n) is 2.86. The Hall–Kier alpha value is -2.94. The topological polar surface area (TPSA) is 110 Å². The number of benzene rings is 2. The molecule has 1 amide bonds. The molecule has 2 aromatic rings. The molecule has 0 aliphatic carbocycles. The summed E-state index contributed by atoms with van der Waals surface area (Å²) in [7, 11) is -3.49. The first-order chi connectivity index (χ1) is 13.1. The van der Waals surface area contributed by atoms with Gasteiger partial charge in [0, 0.05) is 19.0 Å². The molecule has 0 unspecified atom stereocenters. The van der Waals surface area contributed by atoms with E-state index in [0.717, 1.165) is 11.8 Å². The lowest BCUT2D eigenvalue weighted by Gasteiger charge is -2.24. The number of nitro groups is 1. The Labute approximate surface area is 164 Å². The number of nitrogens with one attached hydrogen (secondary N) is 1. The van der Waals surface area contributed by atoms with Gasteiger partial charge in [-0.2, -0.15) is 0 Å². The molecule has 150 valence electrons. The molecule has 2 rings (SSSR count). The minimum absolute atomic E-state index is 0.0689. The van der Waals surface area contributed by atoms with Crippen LogP contribution in [-0.2, 0) is 14.8 Å². The number of carbonyl (C=O) groups excluding carboxylic acids is 1. The van der Waals surface area contributed by atoms with Crippen molar-refractivity contribution in [3.63, 3.8) is 0 Å². The van der Waals surface area contributed by atoms with Crippen LogP contribution in [0.5, 0.6) is 0 Å². The molecule has 0 heterocycles. The van der Waals surface area contributed by atoms with Gasteiger partial charge < -0.3 is 5.32 Å². The van der Waals surface area contributed by atoms with Gasteiger partial charge in [0.25, 0.3) is 5.69 Å². The highest BCUT2D eigenvalue weighted by Crippen LogP contribution is 2.25. The quantitative estimate of drug-likeness (QED) is 0.535. The fourth-order valence-corrected chi connectivity index (χ4v) is 3.88. The monoisotopic (exact) mass is 405 g/mol. The van der Waals surface area contributed by atoms with Crippen LogP contribution in [0.4, 0.5) is 17.1 Å². The normalized spacial score (nSPS) is 11.1. The Bertz CT molecular complexity index is 989. The van der Waals surface area contributed by atoms with Crippen LogP contribution in [-0.4, -0.2) is 32.0 Å². The van der Waals surface area contributed by atoms with Crippen molar-refractivity contribution in [1.29, 1.82) is 0 Å². The van der Waals surface area contributed by atoms with E-state index in [9.17, 15) is 23.3 Å². The first kappa shape index (κ1) is 21.4. The Kier molecular flexibility index (Phi) is 6.74. The molecular weight excluding hydrogens is 382 g/mol. The highest BCUT2D eigenvalue weighted by molar-refractivity contribution is 7.92. The van der Waals surface area contributed by atoms with Gasteiger partial charge in [-0.05, 0) is 38.0 Å². The second-order valence-corrected chi connectivity index (χ2v) is 8.39. The van der Waals surface area contributed by atoms with Crippen LogP contribution in [0.1, 0.15) is 24.0 Å². The number of amides is 1. The summed E-state index contributed by atoms with van der Waals surface area (Å²) in [5.74, 6) is -0.332. The summed E-state index contributed by atoms with van der Waals surface area (Å²) in [4.78, 5) is 22.7. The molecule has 0 atom stereocenters. The van der Waals surface area contributed by atoms with Gasteiger partial charge in [-0.25, -0.2) is 8.42 Å². The van der Waals surface area contributed by atoms with E-state index in [1.165, 1.54) is 16.4 Å². The zero-order chi connectivity index (χ0) is 20.9. The number of nitro benzene ring substituents is 1. The van der Waals surface area contributed by atoms with Gasteiger partial charge >= 0.3 is 0 Å². The minimum atomic E-state index is -3.49. The third kappa shape index (κ3) is 5.29. The number of aryl methyl sites for hydroxylation is 1. The number of anilines is 2. The van der Waals surface area contributed by atoms with E-state index in [0.29, 0.717) is 23.4 Å². The standard InChI is InChI=1S/C19H23N3O5S/c1-14-8-4-5-10-17(14)21(28(3,26)27)13-7-12-19(23)20-16-9-6-11-18(15(16)2)22(24)25/h4-6,8-11H,7,12-13H2,1-3H3,(H,20,23). The summed E-state index contributed by atoms with van der Waals surface area (Å²) in [5.41, 5.74) is 2.08. The van der Waals surface area contributed by atoms with E-state index >= 15 is 0 Å². The molecule has 0 saturated heterocycles. The fraction of sp³-hybridized carbons (Fsp3) is 0.316. The van der Waals surface area contributed by atoms with Crippen LogP contribution in [0.15, 0.2) is 42.5 Å². The van der Waals surface area contributed by atoms with E-state index < -0.39 is 14.9 Å². The number of sulfonamides is 1. The molecule has 0 spiro atoms. The lowest BCUT2D eigenvalue weighted by atomic mass is 10.1. The minimum Gasteiger partial charge on any atom is -0.326 e. The zero-order valence-electron chi connectivity index (χ0n) is 16.0. The SMILES string of the molecule is Cc1ccccc1N(CCCC(=O)Nc1cccc([N+](=O)[O-])c1C)S(C)(=O)=O. The smallest absolute Gasteiger partial charge is 0.274 e. The number of nitrogens with zero attached hydrogens (tertiary/aromatic N) is 2. The second kappa shape index (κ2) is 8.83. The Morgan fingerprint density at radius 3 is 2.43 bits per heavy atom. The lowest BCUT2D eigenvalue weighted by Crippen LogP contribution is -2.32. The third-order valence-electron chi connectivity index (χ3n) is 4.33. The van der Waals surface area contributed by atoms with E-state index in [1.54, 1.807) is 25.1 Å². The maximum absolute atomic E-state index is 12.2. The summed E-state index contributed by atoms with van der Waals surface area (Å²) >= 11 is 0. The number of para-hydroxylation sites is 1. The maximum Gasteiger partial charge on any atom is 0.274 e. The molecule has 0 aliphatic rings. The molecule has 0 bridgehead atoms. The summed E-state index contributed by atoms with van der Waals surface area (Å²) in [6, 6.07) is 11.6. The Morgan fingerprint density at radius 2 is 1.82 bits per heavy atom. The van der Waals surface area contributed by atoms with Gasteiger partial charge in [0.05, 0.1) is 28.1 Å². The van der Waals surface area contributed by atoms with Crippen molar-refractivity contribution >= 4 is 33.0 Å². The average Bonchev–Trinajstić information content (AvgIpc) is 2.60. The maximum atomic E-state index is 12.2. The van der Waals surface area contributed by atoms with Crippen molar-refractivity contribution in [2.24, 2.45) is 0 Å².